The molecule has 0 unspecified atom stereocenters. The lowest BCUT2D eigenvalue weighted by Crippen LogP contribution is -2.03. The van der Waals surface area contributed by atoms with E-state index in [9.17, 15) is 10.2 Å². The molecule has 0 spiro atoms. The zero-order valence-corrected chi connectivity index (χ0v) is 16.1. The highest BCUT2D eigenvalue weighted by atomic mass is 16.3. The predicted octanol–water partition coefficient (Wildman–Crippen LogP) is 5.06. The molecule has 146 valence electrons. The van der Waals surface area contributed by atoms with Crippen LogP contribution >= 0.6 is 0 Å². The van der Waals surface area contributed by atoms with Crippen molar-refractivity contribution in [2.45, 2.75) is 38.0 Å². The highest BCUT2D eigenvalue weighted by molar-refractivity contribution is 5.63. The molecule has 1 aliphatic carbocycles. The van der Waals surface area contributed by atoms with Gasteiger partial charge >= 0.3 is 0 Å². The second kappa shape index (κ2) is 7.24. The van der Waals surface area contributed by atoms with Crippen LogP contribution in [0.3, 0.4) is 0 Å². The number of fused-ring (bicyclic) bond motifs is 1. The maximum atomic E-state index is 11.0. The summed E-state index contributed by atoms with van der Waals surface area (Å²) in [6.45, 7) is 0. The fourth-order valence-electron chi connectivity index (χ4n) is 4.25. The van der Waals surface area contributed by atoms with Gasteiger partial charge in [0.25, 0.3) is 0 Å². The van der Waals surface area contributed by atoms with Crippen molar-refractivity contribution in [2.24, 2.45) is 0 Å². The van der Waals surface area contributed by atoms with E-state index >= 15 is 0 Å². The molecule has 0 aliphatic heterocycles. The summed E-state index contributed by atoms with van der Waals surface area (Å²) in [5.74, 6) is 0.768. The zero-order valence-electron chi connectivity index (χ0n) is 16.1. The predicted molar refractivity (Wildman–Crippen MR) is 112 cm³/mol. The third-order valence-corrected chi connectivity index (χ3v) is 5.80. The summed E-state index contributed by atoms with van der Waals surface area (Å²) in [5.41, 5.74) is 5.23. The Morgan fingerprint density at radius 2 is 1.62 bits per heavy atom. The Bertz CT molecular complexity index is 1140. The summed E-state index contributed by atoms with van der Waals surface area (Å²) in [5, 5.41) is 20.5. The molecule has 2 heterocycles. The van der Waals surface area contributed by atoms with Gasteiger partial charge in [-0.1, -0.05) is 55.3 Å². The van der Waals surface area contributed by atoms with E-state index in [1.54, 1.807) is 16.5 Å². The Hall–Kier alpha value is -3.34. The van der Waals surface area contributed by atoms with E-state index in [1.807, 2.05) is 48.7 Å². The van der Waals surface area contributed by atoms with E-state index in [0.29, 0.717) is 18.0 Å². The second-order valence-electron chi connectivity index (χ2n) is 7.78. The van der Waals surface area contributed by atoms with Crippen LogP contribution in [0.25, 0.3) is 16.9 Å². The molecule has 2 N–H and O–H groups in total. The van der Waals surface area contributed by atoms with Crippen LogP contribution in [0.2, 0.25) is 0 Å². The van der Waals surface area contributed by atoms with E-state index in [4.69, 9.17) is 9.97 Å². The number of hydrogen-bond donors (Lipinski definition) is 2. The second-order valence-corrected chi connectivity index (χ2v) is 7.78. The van der Waals surface area contributed by atoms with Crippen molar-refractivity contribution in [1.29, 1.82) is 0 Å². The van der Waals surface area contributed by atoms with Crippen molar-refractivity contribution < 1.29 is 10.2 Å². The summed E-state index contributed by atoms with van der Waals surface area (Å²) < 4.78 is 1.79. The Morgan fingerprint density at radius 1 is 0.897 bits per heavy atom. The summed E-state index contributed by atoms with van der Waals surface area (Å²) in [7, 11) is 0. The van der Waals surface area contributed by atoms with Gasteiger partial charge in [-0.2, -0.15) is 0 Å². The molecule has 0 saturated heterocycles. The highest BCUT2D eigenvalue weighted by Gasteiger charge is 2.25. The van der Waals surface area contributed by atoms with Crippen LogP contribution in [0.5, 0.6) is 11.6 Å². The maximum absolute atomic E-state index is 11.0. The van der Waals surface area contributed by atoms with E-state index in [1.165, 1.54) is 12.8 Å². The third-order valence-electron chi connectivity index (χ3n) is 5.80. The largest absolute Gasteiger partial charge is 0.508 e. The van der Waals surface area contributed by atoms with Crippen molar-refractivity contribution in [3.8, 4) is 22.9 Å². The first-order valence-electron chi connectivity index (χ1n) is 10.1. The SMILES string of the molecule is Oc1ccc(Cc2nc3c(C4CCCC4)nc(-c4ccccc4)cn3c2O)cc1. The van der Waals surface area contributed by atoms with Crippen LogP contribution in [0.4, 0.5) is 0 Å². The molecular formula is C24H23N3O2. The van der Waals surface area contributed by atoms with Crippen molar-refractivity contribution in [3.63, 3.8) is 0 Å². The van der Waals surface area contributed by atoms with Crippen molar-refractivity contribution in [3.05, 3.63) is 77.7 Å². The van der Waals surface area contributed by atoms with Crippen LogP contribution < -0.4 is 0 Å². The third kappa shape index (κ3) is 3.33. The van der Waals surface area contributed by atoms with Crippen LogP contribution in [-0.2, 0) is 6.42 Å². The van der Waals surface area contributed by atoms with Gasteiger partial charge in [0, 0.05) is 24.1 Å². The Labute approximate surface area is 169 Å². The number of nitrogens with zero attached hydrogens (tertiary/aromatic N) is 3. The monoisotopic (exact) mass is 385 g/mol. The molecule has 29 heavy (non-hydrogen) atoms. The topological polar surface area (TPSA) is 70.7 Å². The van der Waals surface area contributed by atoms with Crippen LogP contribution in [0.1, 0.15) is 48.6 Å². The first-order valence-corrected chi connectivity index (χ1v) is 10.1. The van der Waals surface area contributed by atoms with Gasteiger partial charge in [-0.3, -0.25) is 4.40 Å². The fourth-order valence-corrected chi connectivity index (χ4v) is 4.25. The van der Waals surface area contributed by atoms with Crippen molar-refractivity contribution in [1.82, 2.24) is 14.4 Å². The van der Waals surface area contributed by atoms with E-state index in [0.717, 1.165) is 41.0 Å². The first-order chi connectivity index (χ1) is 14.2. The van der Waals surface area contributed by atoms with Crippen molar-refractivity contribution >= 4 is 5.65 Å². The smallest absolute Gasteiger partial charge is 0.219 e. The van der Waals surface area contributed by atoms with Gasteiger partial charge in [0.2, 0.25) is 5.88 Å². The number of imidazole rings is 1. The molecule has 5 rings (SSSR count). The van der Waals surface area contributed by atoms with Gasteiger partial charge in [0.1, 0.15) is 11.4 Å². The quantitative estimate of drug-likeness (QED) is 0.515. The molecule has 0 radical (unpaired) electrons. The molecule has 5 nitrogen and oxygen atoms in total. The Balaban J connectivity index is 1.64. The molecule has 5 heteroatoms. The summed E-state index contributed by atoms with van der Waals surface area (Å²) in [6, 6.07) is 17.1. The van der Waals surface area contributed by atoms with Crippen LogP contribution in [0.15, 0.2) is 60.8 Å². The lowest BCUT2D eigenvalue weighted by Gasteiger charge is -2.12. The lowest BCUT2D eigenvalue weighted by molar-refractivity contribution is 0.442. The minimum Gasteiger partial charge on any atom is -0.508 e. The number of phenolic OH excluding ortho intramolecular Hbond substituents is 1. The minimum atomic E-state index is 0.159. The summed E-state index contributed by atoms with van der Waals surface area (Å²) >= 11 is 0. The van der Waals surface area contributed by atoms with Gasteiger partial charge in [-0.05, 0) is 30.5 Å². The molecule has 2 aromatic heterocycles. The number of aromatic hydroxyl groups is 2. The molecule has 0 amide bonds. The van der Waals surface area contributed by atoms with Gasteiger partial charge in [-0.25, -0.2) is 9.97 Å². The molecule has 1 aliphatic rings. The van der Waals surface area contributed by atoms with Crippen molar-refractivity contribution in [2.75, 3.05) is 0 Å². The van der Waals surface area contributed by atoms with Gasteiger partial charge in [-0.15, -0.1) is 0 Å². The number of phenols is 1. The van der Waals surface area contributed by atoms with Gasteiger partial charge in [0.05, 0.1) is 11.4 Å². The molecule has 0 bridgehead atoms. The average molecular weight is 385 g/mol. The maximum Gasteiger partial charge on any atom is 0.219 e. The van der Waals surface area contributed by atoms with Gasteiger partial charge < -0.3 is 10.2 Å². The molecule has 1 fully saturated rings. The molecule has 1 saturated carbocycles. The normalized spacial score (nSPS) is 14.6. The Morgan fingerprint density at radius 3 is 2.34 bits per heavy atom. The lowest BCUT2D eigenvalue weighted by atomic mass is 10.0. The first kappa shape index (κ1) is 17.7. The van der Waals surface area contributed by atoms with E-state index < -0.39 is 0 Å². The number of rotatable bonds is 4. The molecular weight excluding hydrogens is 362 g/mol. The molecule has 2 aromatic carbocycles. The summed E-state index contributed by atoms with van der Waals surface area (Å²) in [6.07, 6.45) is 7.02. The molecule has 4 aromatic rings. The van der Waals surface area contributed by atoms with E-state index in [2.05, 4.69) is 0 Å². The minimum absolute atomic E-state index is 0.159. The average Bonchev–Trinajstić information content (AvgIpc) is 3.39. The van der Waals surface area contributed by atoms with Crippen LogP contribution in [-0.4, -0.2) is 24.6 Å². The zero-order chi connectivity index (χ0) is 19.8. The fraction of sp³-hybridized carbons (Fsp3) is 0.250. The highest BCUT2D eigenvalue weighted by Crippen LogP contribution is 2.37. The number of benzene rings is 2. The van der Waals surface area contributed by atoms with Gasteiger partial charge in [0.15, 0.2) is 5.65 Å². The Kier molecular flexibility index (Phi) is 4.43. The number of hydrogen-bond acceptors (Lipinski definition) is 4. The summed E-state index contributed by atoms with van der Waals surface area (Å²) in [4.78, 5) is 9.80. The number of aromatic nitrogens is 3. The molecule has 0 atom stereocenters. The standard InChI is InChI=1S/C24H23N3O2/c28-19-12-10-16(11-13-19)14-20-24(29)27-15-21(17-6-2-1-3-7-17)25-22(23(27)26-20)18-8-4-5-9-18/h1-3,6-7,10-13,15,18,28-29H,4-5,8-9,14H2. The van der Waals surface area contributed by atoms with Crippen LogP contribution in [0, 0.1) is 0 Å². The van der Waals surface area contributed by atoms with E-state index in [-0.39, 0.29) is 11.6 Å².